The highest BCUT2D eigenvalue weighted by molar-refractivity contribution is 5.36. The summed E-state index contributed by atoms with van der Waals surface area (Å²) in [4.78, 5) is 0. The normalized spacial score (nSPS) is 24.2. The molecule has 1 N–H and O–H groups in total. The molecule has 0 aromatic heterocycles. The standard InChI is InChI=1S/C10H6F6O2/c11-9(12,13)5-1-4(7-8(17)18-7)2-6(3-5)10(14,15)16/h1-3,7-8,17H. The second kappa shape index (κ2) is 3.86. The van der Waals surface area contributed by atoms with Crippen LogP contribution in [0.1, 0.15) is 22.8 Å². The fraction of sp³-hybridized carbons (Fsp3) is 0.400. The van der Waals surface area contributed by atoms with Crippen LogP contribution in [0.4, 0.5) is 26.3 Å². The Bertz CT molecular complexity index is 432. The van der Waals surface area contributed by atoms with Crippen LogP contribution in [0, 0.1) is 0 Å². The zero-order chi connectivity index (χ0) is 13.7. The van der Waals surface area contributed by atoms with Gasteiger partial charge < -0.3 is 9.84 Å². The summed E-state index contributed by atoms with van der Waals surface area (Å²) in [5.41, 5.74) is -3.19. The van der Waals surface area contributed by atoms with E-state index >= 15 is 0 Å². The summed E-state index contributed by atoms with van der Waals surface area (Å²) >= 11 is 0. The number of ether oxygens (including phenoxy) is 1. The Morgan fingerprint density at radius 2 is 1.28 bits per heavy atom. The quantitative estimate of drug-likeness (QED) is 0.629. The minimum atomic E-state index is -4.89. The Morgan fingerprint density at radius 1 is 0.889 bits per heavy atom. The summed E-state index contributed by atoms with van der Waals surface area (Å²) in [6.45, 7) is 0. The van der Waals surface area contributed by atoms with Crippen LogP contribution in [0.2, 0.25) is 0 Å². The van der Waals surface area contributed by atoms with Crippen molar-refractivity contribution in [2.24, 2.45) is 0 Å². The third-order valence-corrected chi connectivity index (χ3v) is 2.41. The molecular weight excluding hydrogens is 266 g/mol. The molecule has 1 aliphatic rings. The van der Waals surface area contributed by atoms with Crippen molar-refractivity contribution >= 4 is 0 Å². The first-order valence-electron chi connectivity index (χ1n) is 4.72. The van der Waals surface area contributed by atoms with E-state index in [2.05, 4.69) is 4.74 Å². The monoisotopic (exact) mass is 272 g/mol. The molecule has 2 rings (SSSR count). The maximum atomic E-state index is 12.4. The molecule has 1 aromatic carbocycles. The van der Waals surface area contributed by atoms with E-state index in [0.29, 0.717) is 12.1 Å². The summed E-state index contributed by atoms with van der Waals surface area (Å²) in [6, 6.07) is 1.10. The van der Waals surface area contributed by atoms with Crippen LogP contribution >= 0.6 is 0 Å². The van der Waals surface area contributed by atoms with Gasteiger partial charge in [-0.25, -0.2) is 0 Å². The summed E-state index contributed by atoms with van der Waals surface area (Å²) in [5.74, 6) is 0. The number of aliphatic hydroxyl groups excluding tert-OH is 1. The van der Waals surface area contributed by atoms with Crippen molar-refractivity contribution < 1.29 is 36.2 Å². The lowest BCUT2D eigenvalue weighted by Gasteiger charge is -2.13. The second-order valence-corrected chi connectivity index (χ2v) is 3.79. The van der Waals surface area contributed by atoms with Crippen molar-refractivity contribution in [3.63, 3.8) is 0 Å². The van der Waals surface area contributed by atoms with Gasteiger partial charge in [0.15, 0.2) is 6.29 Å². The van der Waals surface area contributed by atoms with Crippen LogP contribution < -0.4 is 0 Å². The SMILES string of the molecule is OC1OC1c1cc(C(F)(F)F)cc(C(F)(F)F)c1. The number of alkyl halides is 6. The van der Waals surface area contributed by atoms with E-state index in [1.165, 1.54) is 0 Å². The maximum absolute atomic E-state index is 12.4. The average Bonchev–Trinajstić information content (AvgIpc) is 2.92. The molecule has 0 aliphatic carbocycles. The van der Waals surface area contributed by atoms with E-state index in [0.717, 1.165) is 0 Å². The molecule has 1 heterocycles. The molecule has 1 aromatic rings. The molecule has 1 saturated heterocycles. The van der Waals surface area contributed by atoms with Gasteiger partial charge in [0, 0.05) is 0 Å². The third kappa shape index (κ3) is 2.59. The molecule has 1 aliphatic heterocycles. The molecule has 1 fully saturated rings. The highest BCUT2D eigenvalue weighted by Crippen LogP contribution is 2.42. The third-order valence-electron chi connectivity index (χ3n) is 2.41. The van der Waals surface area contributed by atoms with Crippen molar-refractivity contribution in [1.29, 1.82) is 0 Å². The van der Waals surface area contributed by atoms with Crippen LogP contribution in [-0.4, -0.2) is 11.4 Å². The van der Waals surface area contributed by atoms with E-state index in [1.807, 2.05) is 0 Å². The molecule has 0 spiro atoms. The lowest BCUT2D eigenvalue weighted by atomic mass is 10.0. The number of halogens is 6. The van der Waals surface area contributed by atoms with Gasteiger partial charge in [-0.15, -0.1) is 0 Å². The van der Waals surface area contributed by atoms with E-state index in [9.17, 15) is 26.3 Å². The van der Waals surface area contributed by atoms with Crippen LogP contribution in [-0.2, 0) is 17.1 Å². The molecular formula is C10H6F6O2. The summed E-state index contributed by atoms with van der Waals surface area (Å²) < 4.78 is 79.1. The minimum absolute atomic E-state index is 0.0261. The highest BCUT2D eigenvalue weighted by atomic mass is 19.4. The molecule has 0 saturated carbocycles. The number of hydrogen-bond acceptors (Lipinski definition) is 2. The fourth-order valence-electron chi connectivity index (χ4n) is 1.49. The molecule has 2 nitrogen and oxygen atoms in total. The van der Waals surface area contributed by atoms with Crippen LogP contribution in [0.3, 0.4) is 0 Å². The topological polar surface area (TPSA) is 32.8 Å². The number of benzene rings is 1. The Kier molecular flexibility index (Phi) is 2.82. The van der Waals surface area contributed by atoms with Gasteiger partial charge in [-0.05, 0) is 23.8 Å². The molecule has 100 valence electrons. The number of aliphatic hydroxyl groups is 1. The van der Waals surface area contributed by atoms with Crippen LogP contribution in [0.25, 0.3) is 0 Å². The summed E-state index contributed by atoms with van der Waals surface area (Å²) in [7, 11) is 0. The lowest BCUT2D eigenvalue weighted by molar-refractivity contribution is -0.143. The van der Waals surface area contributed by atoms with Gasteiger partial charge >= 0.3 is 12.4 Å². The number of hydrogen-bond donors (Lipinski definition) is 1. The fourth-order valence-corrected chi connectivity index (χ4v) is 1.49. The van der Waals surface area contributed by atoms with Gasteiger partial charge in [-0.2, -0.15) is 26.3 Å². The molecule has 0 amide bonds. The smallest absolute Gasteiger partial charge is 0.366 e. The van der Waals surface area contributed by atoms with Crippen molar-refractivity contribution in [3.8, 4) is 0 Å². The first-order valence-corrected chi connectivity index (χ1v) is 4.72. The lowest BCUT2D eigenvalue weighted by Crippen LogP contribution is -2.11. The van der Waals surface area contributed by atoms with E-state index in [1.54, 1.807) is 0 Å². The number of rotatable bonds is 1. The van der Waals surface area contributed by atoms with Crippen molar-refractivity contribution in [1.82, 2.24) is 0 Å². The van der Waals surface area contributed by atoms with Crippen LogP contribution in [0.5, 0.6) is 0 Å². The Labute approximate surface area is 96.8 Å². The van der Waals surface area contributed by atoms with Crippen molar-refractivity contribution in [3.05, 3.63) is 34.9 Å². The highest BCUT2D eigenvalue weighted by Gasteiger charge is 2.43. The zero-order valence-corrected chi connectivity index (χ0v) is 8.51. The van der Waals surface area contributed by atoms with E-state index < -0.39 is 35.9 Å². The Hall–Kier alpha value is -1.28. The van der Waals surface area contributed by atoms with E-state index in [-0.39, 0.29) is 11.6 Å². The van der Waals surface area contributed by atoms with E-state index in [4.69, 9.17) is 5.11 Å². The van der Waals surface area contributed by atoms with Crippen molar-refractivity contribution in [2.75, 3.05) is 0 Å². The maximum Gasteiger partial charge on any atom is 0.416 e. The van der Waals surface area contributed by atoms with Gasteiger partial charge in [0.2, 0.25) is 0 Å². The van der Waals surface area contributed by atoms with Gasteiger partial charge in [0.1, 0.15) is 6.10 Å². The second-order valence-electron chi connectivity index (χ2n) is 3.79. The van der Waals surface area contributed by atoms with Gasteiger partial charge in [-0.1, -0.05) is 0 Å². The van der Waals surface area contributed by atoms with Gasteiger partial charge in [-0.3, -0.25) is 0 Å². The van der Waals surface area contributed by atoms with Crippen molar-refractivity contribution in [2.45, 2.75) is 24.7 Å². The predicted octanol–water partition coefficient (Wildman–Crippen LogP) is 3.11. The summed E-state index contributed by atoms with van der Waals surface area (Å²) in [6.07, 6.45) is -12.3. The first-order chi connectivity index (χ1) is 8.09. The largest absolute Gasteiger partial charge is 0.416 e. The number of epoxide rings is 1. The average molecular weight is 272 g/mol. The minimum Gasteiger partial charge on any atom is -0.366 e. The first kappa shape index (κ1) is 13.2. The zero-order valence-electron chi connectivity index (χ0n) is 8.51. The Morgan fingerprint density at radius 3 is 1.56 bits per heavy atom. The molecule has 0 bridgehead atoms. The Balaban J connectivity index is 2.49. The van der Waals surface area contributed by atoms with Gasteiger partial charge in [0.25, 0.3) is 0 Å². The molecule has 18 heavy (non-hydrogen) atoms. The van der Waals surface area contributed by atoms with Crippen LogP contribution in [0.15, 0.2) is 18.2 Å². The molecule has 2 unspecified atom stereocenters. The molecule has 2 atom stereocenters. The predicted molar refractivity (Wildman–Crippen MR) is 46.3 cm³/mol. The van der Waals surface area contributed by atoms with Gasteiger partial charge in [0.05, 0.1) is 11.1 Å². The molecule has 8 heteroatoms. The molecule has 0 radical (unpaired) electrons. The summed E-state index contributed by atoms with van der Waals surface area (Å²) in [5, 5.41) is 8.88.